The Bertz CT molecular complexity index is 543. The molecule has 0 unspecified atom stereocenters. The summed E-state index contributed by atoms with van der Waals surface area (Å²) in [5.74, 6) is 1.30. The summed E-state index contributed by atoms with van der Waals surface area (Å²) >= 11 is 3.33. The minimum atomic E-state index is 0.496. The maximum atomic E-state index is 10.7. The molecule has 0 spiro atoms. The van der Waals surface area contributed by atoms with E-state index in [0.29, 0.717) is 17.1 Å². The van der Waals surface area contributed by atoms with Gasteiger partial charge >= 0.3 is 0 Å². The third-order valence-electron chi connectivity index (χ3n) is 2.58. The van der Waals surface area contributed by atoms with Gasteiger partial charge in [-0.2, -0.15) is 0 Å². The van der Waals surface area contributed by atoms with Crippen molar-refractivity contribution in [3.05, 3.63) is 28.1 Å². The summed E-state index contributed by atoms with van der Waals surface area (Å²) in [4.78, 5) is 15.1. The normalized spacial score (nSPS) is 15.8. The second kappa shape index (κ2) is 3.17. The van der Waals surface area contributed by atoms with Gasteiger partial charge in [0.05, 0.1) is 0 Å². The van der Waals surface area contributed by atoms with Gasteiger partial charge in [0.25, 0.3) is 0 Å². The number of hydrogen-bond donors (Lipinski definition) is 0. The first-order chi connectivity index (χ1) is 7.28. The van der Waals surface area contributed by atoms with Crippen molar-refractivity contribution in [1.29, 1.82) is 0 Å². The largest absolute Gasteiger partial charge is 0.440 e. The zero-order valence-corrected chi connectivity index (χ0v) is 9.45. The summed E-state index contributed by atoms with van der Waals surface area (Å²) in [6.45, 7) is 0. The SMILES string of the molecule is O=Cc1cc2oc(C3CC3)nc2cc1Br. The molecule has 15 heavy (non-hydrogen) atoms. The van der Waals surface area contributed by atoms with Gasteiger partial charge < -0.3 is 4.42 Å². The number of carbonyl (C=O) groups excluding carboxylic acids is 1. The van der Waals surface area contributed by atoms with Crippen LogP contribution in [0.1, 0.15) is 35.0 Å². The van der Waals surface area contributed by atoms with E-state index in [0.717, 1.165) is 35.0 Å². The molecule has 1 aliphatic carbocycles. The average molecular weight is 266 g/mol. The summed E-state index contributed by atoms with van der Waals surface area (Å²) in [5, 5.41) is 0. The van der Waals surface area contributed by atoms with Crippen LogP contribution in [0.25, 0.3) is 11.1 Å². The fraction of sp³-hybridized carbons (Fsp3) is 0.273. The van der Waals surface area contributed by atoms with Gasteiger partial charge in [0.15, 0.2) is 17.8 Å². The molecule has 1 aromatic heterocycles. The highest BCUT2D eigenvalue weighted by Gasteiger charge is 2.29. The van der Waals surface area contributed by atoms with E-state index in [2.05, 4.69) is 20.9 Å². The molecule has 1 fully saturated rings. The molecule has 1 aromatic carbocycles. The number of nitrogens with zero attached hydrogens (tertiary/aromatic N) is 1. The number of carbonyl (C=O) groups is 1. The quantitative estimate of drug-likeness (QED) is 0.783. The van der Waals surface area contributed by atoms with Crippen LogP contribution in [0.5, 0.6) is 0 Å². The Hall–Kier alpha value is -1.16. The van der Waals surface area contributed by atoms with E-state index in [4.69, 9.17) is 4.42 Å². The van der Waals surface area contributed by atoms with E-state index >= 15 is 0 Å². The summed E-state index contributed by atoms with van der Waals surface area (Å²) in [6, 6.07) is 3.56. The van der Waals surface area contributed by atoms with E-state index in [9.17, 15) is 4.79 Å². The van der Waals surface area contributed by atoms with Crippen LogP contribution in [0.4, 0.5) is 0 Å². The standard InChI is InChI=1S/C11H8BrNO2/c12-8-4-9-10(3-7(8)5-14)15-11(13-9)6-1-2-6/h3-6H,1-2H2. The van der Waals surface area contributed by atoms with Crippen molar-refractivity contribution in [2.75, 3.05) is 0 Å². The van der Waals surface area contributed by atoms with Gasteiger partial charge in [-0.1, -0.05) is 0 Å². The Morgan fingerprint density at radius 1 is 1.47 bits per heavy atom. The third kappa shape index (κ3) is 1.49. The van der Waals surface area contributed by atoms with Gasteiger partial charge in [-0.3, -0.25) is 4.79 Å². The Labute approximate surface area is 94.6 Å². The minimum Gasteiger partial charge on any atom is -0.440 e. The van der Waals surface area contributed by atoms with E-state index in [1.807, 2.05) is 6.07 Å². The highest BCUT2D eigenvalue weighted by atomic mass is 79.9. The monoisotopic (exact) mass is 265 g/mol. The molecule has 0 amide bonds. The maximum absolute atomic E-state index is 10.7. The number of aromatic nitrogens is 1. The lowest BCUT2D eigenvalue weighted by Crippen LogP contribution is -1.81. The number of aldehydes is 1. The number of hydrogen-bond acceptors (Lipinski definition) is 3. The van der Waals surface area contributed by atoms with Crippen LogP contribution < -0.4 is 0 Å². The van der Waals surface area contributed by atoms with Crippen molar-refractivity contribution >= 4 is 33.3 Å². The van der Waals surface area contributed by atoms with Gasteiger partial charge in [0.2, 0.25) is 0 Å². The first-order valence-corrected chi connectivity index (χ1v) is 5.62. The molecule has 2 aromatic rings. The molecular weight excluding hydrogens is 258 g/mol. The van der Waals surface area contributed by atoms with E-state index in [1.54, 1.807) is 6.07 Å². The van der Waals surface area contributed by atoms with Gasteiger partial charge in [0, 0.05) is 16.0 Å². The summed E-state index contributed by atoms with van der Waals surface area (Å²) in [5.41, 5.74) is 2.11. The predicted molar refractivity (Wildman–Crippen MR) is 59.1 cm³/mol. The number of fused-ring (bicyclic) bond motifs is 1. The molecule has 76 valence electrons. The smallest absolute Gasteiger partial charge is 0.198 e. The number of halogens is 1. The minimum absolute atomic E-state index is 0.496. The van der Waals surface area contributed by atoms with Crippen LogP contribution in [0.2, 0.25) is 0 Å². The van der Waals surface area contributed by atoms with Crippen LogP contribution in [0, 0.1) is 0 Å². The molecule has 3 nitrogen and oxygen atoms in total. The molecule has 4 heteroatoms. The van der Waals surface area contributed by atoms with E-state index in [1.165, 1.54) is 0 Å². The molecule has 1 saturated carbocycles. The van der Waals surface area contributed by atoms with Crippen LogP contribution in [0.3, 0.4) is 0 Å². The third-order valence-corrected chi connectivity index (χ3v) is 3.26. The van der Waals surface area contributed by atoms with Gasteiger partial charge in [-0.15, -0.1) is 0 Å². The van der Waals surface area contributed by atoms with Crippen LogP contribution in [-0.2, 0) is 0 Å². The molecule has 0 radical (unpaired) electrons. The highest BCUT2D eigenvalue weighted by molar-refractivity contribution is 9.10. The molecule has 3 rings (SSSR count). The highest BCUT2D eigenvalue weighted by Crippen LogP contribution is 2.40. The van der Waals surface area contributed by atoms with E-state index in [-0.39, 0.29) is 0 Å². The fourth-order valence-electron chi connectivity index (χ4n) is 1.58. The molecule has 0 aliphatic heterocycles. The second-order valence-corrected chi connectivity index (χ2v) is 4.64. The summed E-state index contributed by atoms with van der Waals surface area (Å²) in [7, 11) is 0. The molecule has 0 atom stereocenters. The Kier molecular flexibility index (Phi) is 1.92. The van der Waals surface area contributed by atoms with Crippen molar-refractivity contribution in [2.24, 2.45) is 0 Å². The fourth-order valence-corrected chi connectivity index (χ4v) is 2.00. The zero-order valence-electron chi connectivity index (χ0n) is 7.87. The Morgan fingerprint density at radius 2 is 2.27 bits per heavy atom. The lowest BCUT2D eigenvalue weighted by Gasteiger charge is -1.93. The zero-order chi connectivity index (χ0) is 10.4. The average Bonchev–Trinajstić information content (AvgIpc) is 2.99. The van der Waals surface area contributed by atoms with Crippen molar-refractivity contribution in [3.63, 3.8) is 0 Å². The molecule has 1 heterocycles. The molecule has 0 N–H and O–H groups in total. The molecule has 0 bridgehead atoms. The summed E-state index contributed by atoms with van der Waals surface area (Å²) in [6.07, 6.45) is 3.13. The number of oxazole rings is 1. The number of benzene rings is 1. The van der Waals surface area contributed by atoms with Crippen LogP contribution >= 0.6 is 15.9 Å². The van der Waals surface area contributed by atoms with Crippen molar-refractivity contribution in [3.8, 4) is 0 Å². The van der Waals surface area contributed by atoms with Crippen molar-refractivity contribution in [2.45, 2.75) is 18.8 Å². The van der Waals surface area contributed by atoms with Crippen molar-refractivity contribution < 1.29 is 9.21 Å². The first kappa shape index (κ1) is 9.09. The Balaban J connectivity index is 2.20. The lowest BCUT2D eigenvalue weighted by atomic mass is 10.2. The summed E-state index contributed by atoms with van der Waals surface area (Å²) < 4.78 is 6.36. The molecular formula is C11H8BrNO2. The first-order valence-electron chi connectivity index (χ1n) is 4.83. The van der Waals surface area contributed by atoms with E-state index < -0.39 is 0 Å². The predicted octanol–water partition coefficient (Wildman–Crippen LogP) is 3.28. The lowest BCUT2D eigenvalue weighted by molar-refractivity contribution is 0.112. The van der Waals surface area contributed by atoms with Crippen LogP contribution in [-0.4, -0.2) is 11.3 Å². The van der Waals surface area contributed by atoms with Crippen molar-refractivity contribution in [1.82, 2.24) is 4.98 Å². The second-order valence-electron chi connectivity index (χ2n) is 3.79. The van der Waals surface area contributed by atoms with Crippen LogP contribution in [0.15, 0.2) is 21.0 Å². The molecule has 1 aliphatic rings. The van der Waals surface area contributed by atoms with Gasteiger partial charge in [-0.05, 0) is 40.9 Å². The number of rotatable bonds is 2. The Morgan fingerprint density at radius 3 is 2.93 bits per heavy atom. The molecule has 0 saturated heterocycles. The van der Waals surface area contributed by atoms with Gasteiger partial charge in [0.1, 0.15) is 5.52 Å². The van der Waals surface area contributed by atoms with Gasteiger partial charge in [-0.25, -0.2) is 4.98 Å². The topological polar surface area (TPSA) is 43.1 Å². The maximum Gasteiger partial charge on any atom is 0.198 e.